The molecule has 0 radical (unpaired) electrons. The molecule has 9 heteroatoms. The van der Waals surface area contributed by atoms with Crippen LogP contribution in [0.2, 0.25) is 0 Å². The lowest BCUT2D eigenvalue weighted by Gasteiger charge is -2.40. The van der Waals surface area contributed by atoms with Gasteiger partial charge in [0.15, 0.2) is 0 Å². The monoisotopic (exact) mass is 363 g/mol. The second-order valence-corrected chi connectivity index (χ2v) is 6.58. The summed E-state index contributed by atoms with van der Waals surface area (Å²) in [4.78, 5) is 17.0. The molecule has 1 aliphatic rings. The summed E-state index contributed by atoms with van der Waals surface area (Å²) in [5, 5.41) is 9.98. The quantitative estimate of drug-likeness (QED) is 0.751. The van der Waals surface area contributed by atoms with E-state index in [1.54, 1.807) is 11.6 Å². The Bertz CT molecular complexity index is 970. The minimum atomic E-state index is -4.42. The van der Waals surface area contributed by atoms with Crippen molar-refractivity contribution in [1.82, 2.24) is 25.1 Å². The molecule has 0 spiro atoms. The van der Waals surface area contributed by atoms with Crippen molar-refractivity contribution in [3.63, 3.8) is 0 Å². The van der Waals surface area contributed by atoms with E-state index >= 15 is 0 Å². The Labute approximate surface area is 146 Å². The van der Waals surface area contributed by atoms with Crippen LogP contribution in [0.1, 0.15) is 41.1 Å². The lowest BCUT2D eigenvalue weighted by molar-refractivity contribution is -0.137. The van der Waals surface area contributed by atoms with E-state index in [1.807, 2.05) is 0 Å². The summed E-state index contributed by atoms with van der Waals surface area (Å²) in [6.45, 7) is 0. The maximum absolute atomic E-state index is 12.9. The van der Waals surface area contributed by atoms with Crippen LogP contribution in [0.4, 0.5) is 13.2 Å². The number of alkyl halides is 3. The van der Waals surface area contributed by atoms with Crippen molar-refractivity contribution in [1.29, 1.82) is 0 Å². The molecular weight excluding hydrogens is 347 g/mol. The number of H-pyrrole nitrogens is 1. The summed E-state index contributed by atoms with van der Waals surface area (Å²) in [5.74, 6) is 0.239. The molecule has 2 N–H and O–H groups in total. The third-order valence-electron chi connectivity index (χ3n) is 5.03. The number of rotatable bonds is 3. The summed E-state index contributed by atoms with van der Waals surface area (Å²) in [7, 11) is 1.66. The number of hydrogen-bond acceptors (Lipinski definition) is 3. The van der Waals surface area contributed by atoms with Crippen molar-refractivity contribution in [3.05, 3.63) is 47.7 Å². The maximum atomic E-state index is 12.9. The van der Waals surface area contributed by atoms with Gasteiger partial charge < -0.3 is 9.88 Å². The fourth-order valence-corrected chi connectivity index (χ4v) is 3.41. The number of halogens is 3. The maximum Gasteiger partial charge on any atom is 0.416 e. The first-order valence-electron chi connectivity index (χ1n) is 8.15. The van der Waals surface area contributed by atoms with Crippen LogP contribution in [0.15, 0.2) is 30.6 Å². The van der Waals surface area contributed by atoms with Gasteiger partial charge in [0.05, 0.1) is 11.1 Å². The molecule has 0 bridgehead atoms. The topological polar surface area (TPSA) is 75.6 Å². The van der Waals surface area contributed by atoms with E-state index in [0.29, 0.717) is 22.4 Å². The van der Waals surface area contributed by atoms with Gasteiger partial charge in [-0.05, 0) is 43.5 Å². The van der Waals surface area contributed by atoms with Gasteiger partial charge in [-0.15, -0.1) is 0 Å². The number of benzene rings is 1. The third kappa shape index (κ3) is 2.54. The Morgan fingerprint density at radius 1 is 1.31 bits per heavy atom. The molecular formula is C17H16F3N5O. The summed E-state index contributed by atoms with van der Waals surface area (Å²) in [5.41, 5.74) is -0.475. The lowest BCUT2D eigenvalue weighted by atomic mass is 9.76. The number of carbonyl (C=O) groups excluding carboxylic acids is 1. The molecule has 0 atom stereocenters. The summed E-state index contributed by atoms with van der Waals surface area (Å²) < 4.78 is 40.3. The van der Waals surface area contributed by atoms with Crippen LogP contribution < -0.4 is 5.32 Å². The van der Waals surface area contributed by atoms with Crippen LogP contribution >= 0.6 is 0 Å². The highest BCUT2D eigenvalue weighted by Gasteiger charge is 2.43. The summed E-state index contributed by atoms with van der Waals surface area (Å²) in [6.07, 6.45) is -0.622. The molecule has 0 aliphatic heterocycles. The molecule has 2 heterocycles. The Kier molecular flexibility index (Phi) is 3.57. The number of aromatic nitrogens is 4. The Hall–Kier alpha value is -2.84. The van der Waals surface area contributed by atoms with Crippen LogP contribution in [0, 0.1) is 0 Å². The highest BCUT2D eigenvalue weighted by Crippen LogP contribution is 2.39. The fraction of sp³-hybridized carbons (Fsp3) is 0.353. The molecule has 1 aliphatic carbocycles. The van der Waals surface area contributed by atoms with E-state index < -0.39 is 17.3 Å². The summed E-state index contributed by atoms with van der Waals surface area (Å²) >= 11 is 0. The predicted molar refractivity (Wildman–Crippen MR) is 87.3 cm³/mol. The zero-order valence-electron chi connectivity index (χ0n) is 13.9. The van der Waals surface area contributed by atoms with Gasteiger partial charge in [0.2, 0.25) is 0 Å². The van der Waals surface area contributed by atoms with Crippen molar-refractivity contribution >= 4 is 16.8 Å². The van der Waals surface area contributed by atoms with Gasteiger partial charge in [0.25, 0.3) is 5.91 Å². The largest absolute Gasteiger partial charge is 0.416 e. The standard InChI is InChI=1S/C17H16F3N5O/c1-25-12-4-3-11(17(18,19)20)7-10(12)8-13(25)14(26)23-16(5-2-6-16)15-21-9-22-24-15/h3-4,7-9H,2,5-6H2,1H3,(H,23,26)(H,21,22,24). The fourth-order valence-electron chi connectivity index (χ4n) is 3.41. The van der Waals surface area contributed by atoms with E-state index in [-0.39, 0.29) is 5.91 Å². The van der Waals surface area contributed by atoms with E-state index in [2.05, 4.69) is 20.5 Å². The molecule has 1 fully saturated rings. The second-order valence-electron chi connectivity index (χ2n) is 6.58. The SMILES string of the molecule is Cn1c(C(=O)NC2(c3ncn[nH]3)CCC2)cc2cc(C(F)(F)F)ccc21. The van der Waals surface area contributed by atoms with Crippen LogP contribution in [0.25, 0.3) is 10.9 Å². The van der Waals surface area contributed by atoms with Crippen LogP contribution in [-0.2, 0) is 18.8 Å². The highest BCUT2D eigenvalue weighted by atomic mass is 19.4. The van der Waals surface area contributed by atoms with E-state index in [4.69, 9.17) is 0 Å². The molecule has 1 saturated carbocycles. The Morgan fingerprint density at radius 2 is 2.08 bits per heavy atom. The van der Waals surface area contributed by atoms with Gasteiger partial charge in [-0.1, -0.05) is 0 Å². The van der Waals surface area contributed by atoms with Gasteiger partial charge in [-0.3, -0.25) is 9.89 Å². The normalized spacial score (nSPS) is 16.5. The zero-order valence-corrected chi connectivity index (χ0v) is 13.9. The van der Waals surface area contributed by atoms with Crippen molar-refractivity contribution in [2.24, 2.45) is 7.05 Å². The molecule has 3 aromatic rings. The van der Waals surface area contributed by atoms with Crippen molar-refractivity contribution in [2.75, 3.05) is 0 Å². The van der Waals surface area contributed by atoms with Gasteiger partial charge in [0, 0.05) is 18.0 Å². The first kappa shape index (κ1) is 16.6. The average molecular weight is 363 g/mol. The number of nitrogens with one attached hydrogen (secondary N) is 2. The van der Waals surface area contributed by atoms with E-state index in [9.17, 15) is 18.0 Å². The second kappa shape index (κ2) is 5.58. The minimum absolute atomic E-state index is 0.296. The number of aryl methyl sites for hydroxylation is 1. The van der Waals surface area contributed by atoms with Gasteiger partial charge >= 0.3 is 6.18 Å². The van der Waals surface area contributed by atoms with Crippen LogP contribution in [0.5, 0.6) is 0 Å². The molecule has 26 heavy (non-hydrogen) atoms. The number of aromatic amines is 1. The number of carbonyl (C=O) groups is 1. The van der Waals surface area contributed by atoms with E-state index in [1.165, 1.54) is 18.5 Å². The first-order chi connectivity index (χ1) is 12.3. The third-order valence-corrected chi connectivity index (χ3v) is 5.03. The minimum Gasteiger partial charge on any atom is -0.340 e. The lowest BCUT2D eigenvalue weighted by Crippen LogP contribution is -2.51. The van der Waals surface area contributed by atoms with Crippen molar-refractivity contribution in [2.45, 2.75) is 31.0 Å². The molecule has 1 aromatic carbocycles. The van der Waals surface area contributed by atoms with Crippen molar-refractivity contribution in [3.8, 4) is 0 Å². The molecule has 2 aromatic heterocycles. The smallest absolute Gasteiger partial charge is 0.340 e. The van der Waals surface area contributed by atoms with Crippen LogP contribution in [-0.4, -0.2) is 25.7 Å². The molecule has 4 rings (SSSR count). The number of amides is 1. The zero-order chi connectivity index (χ0) is 18.5. The van der Waals surface area contributed by atoms with Gasteiger partial charge in [-0.2, -0.15) is 18.3 Å². The van der Waals surface area contributed by atoms with Gasteiger partial charge in [0.1, 0.15) is 17.8 Å². The predicted octanol–water partition coefficient (Wildman–Crippen LogP) is 3.12. The Morgan fingerprint density at radius 3 is 2.65 bits per heavy atom. The van der Waals surface area contributed by atoms with Crippen LogP contribution in [0.3, 0.4) is 0 Å². The molecule has 1 amide bonds. The average Bonchev–Trinajstić information content (AvgIpc) is 3.18. The molecule has 0 saturated heterocycles. The van der Waals surface area contributed by atoms with E-state index in [0.717, 1.165) is 31.4 Å². The first-order valence-corrected chi connectivity index (χ1v) is 8.15. The number of fused-ring (bicyclic) bond motifs is 1. The van der Waals surface area contributed by atoms with Crippen molar-refractivity contribution < 1.29 is 18.0 Å². The molecule has 6 nitrogen and oxygen atoms in total. The number of nitrogens with zero attached hydrogens (tertiary/aromatic N) is 3. The molecule has 136 valence electrons. The summed E-state index contributed by atoms with van der Waals surface area (Å²) in [6, 6.07) is 4.94. The van der Waals surface area contributed by atoms with Gasteiger partial charge in [-0.25, -0.2) is 4.98 Å². The number of hydrogen-bond donors (Lipinski definition) is 2. The molecule has 0 unspecified atom stereocenters. The Balaban J connectivity index is 1.68. The highest BCUT2D eigenvalue weighted by molar-refractivity contribution is 5.99.